The molecule has 3 aromatic carbocycles. The van der Waals surface area contributed by atoms with Gasteiger partial charge < -0.3 is 10.2 Å². The van der Waals surface area contributed by atoms with Crippen LogP contribution < -0.4 is 14.9 Å². The van der Waals surface area contributed by atoms with Gasteiger partial charge in [0, 0.05) is 36.2 Å². The fourth-order valence-electron chi connectivity index (χ4n) is 5.06. The minimum Gasteiger partial charge on any atom is -0.377 e. The molecule has 0 saturated carbocycles. The standard InChI is InChI=1S/C25H27N3O2S/c1-28(2)22-13-5-12-21-20(22)11-6-14-23(21)31(30)27-25(29)26-24-18-9-3-7-16(18)15-17-8-4-10-19(17)24/h5-6,11-15H,3-4,7-10H2,1-2H3,(H2,26,27,29). The molecular weight excluding hydrogens is 406 g/mol. The monoisotopic (exact) mass is 433 g/mol. The highest BCUT2D eigenvalue weighted by molar-refractivity contribution is 7.84. The van der Waals surface area contributed by atoms with Crippen LogP contribution in [0.4, 0.5) is 16.2 Å². The van der Waals surface area contributed by atoms with Crippen molar-refractivity contribution in [2.24, 2.45) is 0 Å². The van der Waals surface area contributed by atoms with Crippen molar-refractivity contribution in [1.29, 1.82) is 0 Å². The van der Waals surface area contributed by atoms with Gasteiger partial charge in [0.25, 0.3) is 0 Å². The number of carbonyl (C=O) groups is 1. The van der Waals surface area contributed by atoms with Crippen molar-refractivity contribution in [1.82, 2.24) is 4.72 Å². The number of hydrogen-bond acceptors (Lipinski definition) is 3. The first-order chi connectivity index (χ1) is 15.0. The Hall–Kier alpha value is -2.86. The summed E-state index contributed by atoms with van der Waals surface area (Å²) in [7, 11) is 2.31. The number of rotatable bonds is 4. The molecule has 1 atom stereocenters. The molecule has 0 aromatic heterocycles. The van der Waals surface area contributed by atoms with Gasteiger partial charge in [-0.2, -0.15) is 0 Å². The van der Waals surface area contributed by atoms with E-state index >= 15 is 0 Å². The van der Waals surface area contributed by atoms with Crippen LogP contribution in [0.15, 0.2) is 47.4 Å². The number of carbonyl (C=O) groups excluding carboxylic acids is 1. The Balaban J connectivity index is 1.42. The van der Waals surface area contributed by atoms with Crippen LogP contribution in [-0.2, 0) is 36.7 Å². The van der Waals surface area contributed by atoms with Gasteiger partial charge in [0.1, 0.15) is 0 Å². The van der Waals surface area contributed by atoms with Gasteiger partial charge in [-0.15, -0.1) is 0 Å². The second-order valence-corrected chi connectivity index (χ2v) is 9.76. The number of hydrogen-bond donors (Lipinski definition) is 2. The van der Waals surface area contributed by atoms with Crippen molar-refractivity contribution in [3.05, 3.63) is 64.7 Å². The lowest BCUT2D eigenvalue weighted by molar-refractivity contribution is 0.257. The molecule has 160 valence electrons. The number of nitrogens with zero attached hydrogens (tertiary/aromatic N) is 1. The summed E-state index contributed by atoms with van der Waals surface area (Å²) in [6, 6.07) is 13.6. The number of nitrogens with one attached hydrogen (secondary N) is 2. The van der Waals surface area contributed by atoms with E-state index in [1.54, 1.807) is 0 Å². The molecular formula is C25H27N3O2S. The Morgan fingerprint density at radius 2 is 1.55 bits per heavy atom. The van der Waals surface area contributed by atoms with Gasteiger partial charge >= 0.3 is 6.03 Å². The lowest BCUT2D eigenvalue weighted by Gasteiger charge is -2.18. The number of urea groups is 1. The minimum absolute atomic E-state index is 0.409. The highest BCUT2D eigenvalue weighted by Crippen LogP contribution is 2.38. The van der Waals surface area contributed by atoms with Crippen molar-refractivity contribution in [2.75, 3.05) is 24.3 Å². The summed E-state index contributed by atoms with van der Waals surface area (Å²) < 4.78 is 15.8. The van der Waals surface area contributed by atoms with Crippen LogP contribution in [0.1, 0.15) is 35.1 Å². The molecule has 0 heterocycles. The summed E-state index contributed by atoms with van der Waals surface area (Å²) in [5, 5.41) is 4.97. The normalized spacial score (nSPS) is 15.4. The van der Waals surface area contributed by atoms with Crippen LogP contribution in [0.25, 0.3) is 10.8 Å². The second kappa shape index (κ2) is 8.00. The van der Waals surface area contributed by atoms with Gasteiger partial charge in [0.05, 0.1) is 4.90 Å². The molecule has 2 aliphatic carbocycles. The molecule has 0 bridgehead atoms. The van der Waals surface area contributed by atoms with Gasteiger partial charge in [-0.05, 0) is 72.9 Å². The number of benzene rings is 3. The zero-order valence-electron chi connectivity index (χ0n) is 18.0. The highest BCUT2D eigenvalue weighted by Gasteiger charge is 2.25. The molecule has 5 rings (SSSR count). The maximum absolute atomic E-state index is 13.1. The van der Waals surface area contributed by atoms with Crippen molar-refractivity contribution in [3.63, 3.8) is 0 Å². The van der Waals surface area contributed by atoms with E-state index in [2.05, 4.69) is 16.1 Å². The van der Waals surface area contributed by atoms with E-state index in [0.29, 0.717) is 4.90 Å². The molecule has 31 heavy (non-hydrogen) atoms. The maximum Gasteiger partial charge on any atom is 0.331 e. The fourth-order valence-corrected chi connectivity index (χ4v) is 5.97. The van der Waals surface area contributed by atoms with Crippen LogP contribution in [0.2, 0.25) is 0 Å². The van der Waals surface area contributed by atoms with E-state index < -0.39 is 17.0 Å². The molecule has 2 aliphatic rings. The Labute approximate surface area is 185 Å². The molecule has 0 fully saturated rings. The Morgan fingerprint density at radius 1 is 0.903 bits per heavy atom. The fraction of sp³-hybridized carbons (Fsp3) is 0.320. The van der Waals surface area contributed by atoms with Gasteiger partial charge in [-0.1, -0.05) is 30.3 Å². The van der Waals surface area contributed by atoms with E-state index in [1.165, 1.54) is 22.3 Å². The molecule has 2 amide bonds. The predicted octanol–water partition coefficient (Wildman–Crippen LogP) is 4.73. The quantitative estimate of drug-likeness (QED) is 0.625. The molecule has 5 nitrogen and oxygen atoms in total. The summed E-state index contributed by atoms with van der Waals surface area (Å²) in [5.41, 5.74) is 7.27. The molecule has 2 N–H and O–H groups in total. The average Bonchev–Trinajstić information content (AvgIpc) is 3.41. The van der Waals surface area contributed by atoms with Gasteiger partial charge in [-0.25, -0.2) is 9.00 Å². The molecule has 0 aliphatic heterocycles. The minimum atomic E-state index is -1.66. The summed E-state index contributed by atoms with van der Waals surface area (Å²) in [5.74, 6) is 0. The zero-order valence-corrected chi connectivity index (χ0v) is 18.8. The van der Waals surface area contributed by atoms with E-state index in [9.17, 15) is 9.00 Å². The summed E-state index contributed by atoms with van der Waals surface area (Å²) in [6.45, 7) is 0. The first-order valence-electron chi connectivity index (χ1n) is 10.9. The third kappa shape index (κ3) is 3.59. The van der Waals surface area contributed by atoms with Crippen LogP contribution in [0.3, 0.4) is 0 Å². The van der Waals surface area contributed by atoms with E-state index in [4.69, 9.17) is 0 Å². The van der Waals surface area contributed by atoms with Crippen molar-refractivity contribution >= 4 is 39.2 Å². The largest absolute Gasteiger partial charge is 0.377 e. The SMILES string of the molecule is CN(C)c1cccc2c(S(=O)NC(=O)Nc3c4c(cc5c3CCC5)CCC4)cccc12. The lowest BCUT2D eigenvalue weighted by atomic mass is 9.99. The van der Waals surface area contributed by atoms with Crippen LogP contribution >= 0.6 is 0 Å². The molecule has 6 heteroatoms. The first kappa shape index (κ1) is 20.1. The second-order valence-electron chi connectivity index (χ2n) is 8.58. The first-order valence-corrected chi connectivity index (χ1v) is 12.0. The van der Waals surface area contributed by atoms with Crippen molar-refractivity contribution in [3.8, 4) is 0 Å². The average molecular weight is 434 g/mol. The Bertz CT molecular complexity index is 1190. The summed E-state index contributed by atoms with van der Waals surface area (Å²) >= 11 is 0. The zero-order chi connectivity index (χ0) is 21.5. The molecule has 1 unspecified atom stereocenters. The molecule has 0 radical (unpaired) electrons. The number of aryl methyl sites for hydroxylation is 2. The Morgan fingerprint density at radius 3 is 2.23 bits per heavy atom. The molecule has 3 aromatic rings. The van der Waals surface area contributed by atoms with Crippen LogP contribution in [0, 0.1) is 0 Å². The Kier molecular flexibility index (Phi) is 5.18. The highest BCUT2D eigenvalue weighted by atomic mass is 32.2. The third-order valence-corrected chi connectivity index (χ3v) is 7.56. The number of anilines is 2. The van der Waals surface area contributed by atoms with E-state index in [1.807, 2.05) is 55.4 Å². The topological polar surface area (TPSA) is 61.4 Å². The predicted molar refractivity (Wildman–Crippen MR) is 127 cm³/mol. The number of amides is 2. The van der Waals surface area contributed by atoms with Crippen LogP contribution in [-0.4, -0.2) is 24.3 Å². The van der Waals surface area contributed by atoms with E-state index in [-0.39, 0.29) is 0 Å². The number of fused-ring (bicyclic) bond motifs is 3. The van der Waals surface area contributed by atoms with Gasteiger partial charge in [0.15, 0.2) is 11.0 Å². The van der Waals surface area contributed by atoms with Crippen LogP contribution in [0.5, 0.6) is 0 Å². The lowest BCUT2D eigenvalue weighted by Crippen LogP contribution is -2.31. The van der Waals surface area contributed by atoms with Gasteiger partial charge in [-0.3, -0.25) is 4.72 Å². The van der Waals surface area contributed by atoms with Crippen molar-refractivity contribution in [2.45, 2.75) is 43.4 Å². The smallest absolute Gasteiger partial charge is 0.331 e. The van der Waals surface area contributed by atoms with Crippen molar-refractivity contribution < 1.29 is 9.00 Å². The summed E-state index contributed by atoms with van der Waals surface area (Å²) in [6.07, 6.45) is 6.41. The third-order valence-electron chi connectivity index (χ3n) is 6.44. The van der Waals surface area contributed by atoms with Gasteiger partial charge in [0.2, 0.25) is 0 Å². The molecule has 0 saturated heterocycles. The summed E-state index contributed by atoms with van der Waals surface area (Å²) in [4.78, 5) is 15.5. The van der Waals surface area contributed by atoms with E-state index in [0.717, 1.165) is 60.7 Å². The maximum atomic E-state index is 13.1. The molecule has 0 spiro atoms.